The second-order valence-electron chi connectivity index (χ2n) is 3.60. The number of rotatable bonds is 2. The van der Waals surface area contributed by atoms with E-state index in [4.69, 9.17) is 11.6 Å². The van der Waals surface area contributed by atoms with Crippen molar-refractivity contribution in [3.63, 3.8) is 0 Å². The average Bonchev–Trinajstić information content (AvgIpc) is 2.56. The van der Waals surface area contributed by atoms with Crippen molar-refractivity contribution in [3.05, 3.63) is 23.4 Å². The van der Waals surface area contributed by atoms with Crippen molar-refractivity contribution in [1.82, 2.24) is 4.98 Å². The Balaban J connectivity index is 2.07. The first-order valence-electron chi connectivity index (χ1n) is 4.72. The summed E-state index contributed by atoms with van der Waals surface area (Å²) in [6.45, 7) is 2.26. The molecule has 2 nitrogen and oxygen atoms in total. The van der Waals surface area contributed by atoms with Gasteiger partial charge in [0.1, 0.15) is 5.82 Å². The zero-order valence-corrected chi connectivity index (χ0v) is 9.61. The molecule has 1 fully saturated rings. The number of hydrogen-bond donors (Lipinski definition) is 1. The van der Waals surface area contributed by atoms with Crippen LogP contribution in [0.3, 0.4) is 0 Å². The molecule has 1 saturated heterocycles. The Morgan fingerprint density at radius 3 is 3.07 bits per heavy atom. The molecule has 0 aromatic carbocycles. The molecule has 0 saturated carbocycles. The fourth-order valence-corrected chi connectivity index (χ4v) is 3.09. The number of thioether (sulfide) groups is 1. The van der Waals surface area contributed by atoms with E-state index in [1.807, 2.05) is 23.9 Å². The Kier molecular flexibility index (Phi) is 3.19. The van der Waals surface area contributed by atoms with Crippen LogP contribution in [0.4, 0.5) is 5.82 Å². The zero-order valence-electron chi connectivity index (χ0n) is 8.03. The summed E-state index contributed by atoms with van der Waals surface area (Å²) in [7, 11) is 0. The van der Waals surface area contributed by atoms with Crippen molar-refractivity contribution < 1.29 is 0 Å². The van der Waals surface area contributed by atoms with E-state index in [0.29, 0.717) is 17.0 Å². The van der Waals surface area contributed by atoms with Gasteiger partial charge >= 0.3 is 0 Å². The normalized spacial score (nSPS) is 26.4. The van der Waals surface area contributed by atoms with E-state index in [1.165, 1.54) is 5.75 Å². The zero-order chi connectivity index (χ0) is 9.97. The van der Waals surface area contributed by atoms with E-state index in [0.717, 1.165) is 11.6 Å². The van der Waals surface area contributed by atoms with Crippen molar-refractivity contribution in [2.45, 2.75) is 13.0 Å². The lowest BCUT2D eigenvalue weighted by molar-refractivity contribution is 0.597. The monoisotopic (exact) mass is 228 g/mol. The molecule has 2 atom stereocenters. The molecule has 1 aliphatic rings. The van der Waals surface area contributed by atoms with Gasteiger partial charge in [-0.3, -0.25) is 0 Å². The van der Waals surface area contributed by atoms with Gasteiger partial charge in [0.15, 0.2) is 0 Å². The summed E-state index contributed by atoms with van der Waals surface area (Å²) in [5.41, 5.74) is 0. The Morgan fingerprint density at radius 2 is 2.43 bits per heavy atom. The predicted octanol–water partition coefficient (Wildman–Crippen LogP) is 2.90. The molecule has 76 valence electrons. The highest BCUT2D eigenvalue weighted by atomic mass is 35.5. The van der Waals surface area contributed by atoms with Crippen molar-refractivity contribution in [1.29, 1.82) is 0 Å². The number of halogens is 1. The minimum Gasteiger partial charge on any atom is -0.365 e. The topological polar surface area (TPSA) is 24.9 Å². The third kappa shape index (κ3) is 2.15. The number of nitrogens with zero attached hydrogens (tertiary/aromatic N) is 1. The number of hydrogen-bond acceptors (Lipinski definition) is 3. The molecular formula is C10H13ClN2S. The van der Waals surface area contributed by atoms with Gasteiger partial charge < -0.3 is 5.32 Å². The lowest BCUT2D eigenvalue weighted by atomic mass is 10.1. The van der Waals surface area contributed by atoms with Crippen LogP contribution < -0.4 is 5.32 Å². The molecule has 0 aliphatic carbocycles. The average molecular weight is 229 g/mol. The summed E-state index contributed by atoms with van der Waals surface area (Å²) < 4.78 is 0. The van der Waals surface area contributed by atoms with Crippen LogP contribution >= 0.6 is 23.4 Å². The fourth-order valence-electron chi connectivity index (χ4n) is 1.51. The van der Waals surface area contributed by atoms with E-state index in [9.17, 15) is 0 Å². The summed E-state index contributed by atoms with van der Waals surface area (Å²) in [6.07, 6.45) is 1.76. The molecule has 0 bridgehead atoms. The molecular weight excluding hydrogens is 216 g/mol. The first-order chi connectivity index (χ1) is 6.77. The van der Waals surface area contributed by atoms with Gasteiger partial charge in [0.2, 0.25) is 0 Å². The second kappa shape index (κ2) is 4.41. The Morgan fingerprint density at radius 1 is 1.57 bits per heavy atom. The summed E-state index contributed by atoms with van der Waals surface area (Å²) in [4.78, 5) is 4.22. The van der Waals surface area contributed by atoms with Gasteiger partial charge in [-0.15, -0.1) is 0 Å². The molecule has 1 aromatic heterocycles. The van der Waals surface area contributed by atoms with E-state index >= 15 is 0 Å². The summed E-state index contributed by atoms with van der Waals surface area (Å²) in [6, 6.07) is 4.22. The number of nitrogens with one attached hydrogen (secondary N) is 1. The van der Waals surface area contributed by atoms with Gasteiger partial charge in [0.05, 0.1) is 5.02 Å². The molecule has 1 aromatic rings. The van der Waals surface area contributed by atoms with Crippen molar-refractivity contribution in [2.24, 2.45) is 5.92 Å². The largest absolute Gasteiger partial charge is 0.365 e. The summed E-state index contributed by atoms with van der Waals surface area (Å²) in [5.74, 6) is 3.88. The van der Waals surface area contributed by atoms with Crippen molar-refractivity contribution in [3.8, 4) is 0 Å². The Hall–Kier alpha value is -0.410. The molecule has 0 radical (unpaired) electrons. The van der Waals surface area contributed by atoms with E-state index in [-0.39, 0.29) is 0 Å². The standard InChI is InChI=1S/C10H13ClN2S/c1-7-5-14-6-9(7)13-10-8(11)3-2-4-12-10/h2-4,7,9H,5-6H2,1H3,(H,12,13). The van der Waals surface area contributed by atoms with Crippen LogP contribution in [0, 0.1) is 5.92 Å². The Labute approximate surface area is 93.4 Å². The number of aromatic nitrogens is 1. The quantitative estimate of drug-likeness (QED) is 0.843. The van der Waals surface area contributed by atoms with E-state index in [1.54, 1.807) is 6.20 Å². The van der Waals surface area contributed by atoms with Crippen LogP contribution in [0.2, 0.25) is 5.02 Å². The molecule has 1 N–H and O–H groups in total. The minimum absolute atomic E-state index is 0.507. The summed E-state index contributed by atoms with van der Waals surface area (Å²) >= 11 is 8.00. The SMILES string of the molecule is CC1CSCC1Nc1ncccc1Cl. The van der Waals surface area contributed by atoms with E-state index in [2.05, 4.69) is 17.2 Å². The van der Waals surface area contributed by atoms with Gasteiger partial charge in [-0.25, -0.2) is 4.98 Å². The maximum atomic E-state index is 6.02. The van der Waals surface area contributed by atoms with Crippen LogP contribution in [0.1, 0.15) is 6.92 Å². The fraction of sp³-hybridized carbons (Fsp3) is 0.500. The van der Waals surface area contributed by atoms with Crippen molar-refractivity contribution >= 4 is 29.2 Å². The van der Waals surface area contributed by atoms with Crippen LogP contribution in [0.15, 0.2) is 18.3 Å². The van der Waals surface area contributed by atoms with Gasteiger partial charge in [-0.1, -0.05) is 18.5 Å². The first kappa shape index (κ1) is 10.1. The lowest BCUT2D eigenvalue weighted by Crippen LogP contribution is -2.26. The number of anilines is 1. The van der Waals surface area contributed by atoms with E-state index < -0.39 is 0 Å². The van der Waals surface area contributed by atoms with Crippen molar-refractivity contribution in [2.75, 3.05) is 16.8 Å². The molecule has 2 unspecified atom stereocenters. The highest BCUT2D eigenvalue weighted by Crippen LogP contribution is 2.28. The third-order valence-corrected chi connectivity index (χ3v) is 4.11. The molecule has 1 aliphatic heterocycles. The highest BCUT2D eigenvalue weighted by Gasteiger charge is 2.24. The summed E-state index contributed by atoms with van der Waals surface area (Å²) in [5, 5.41) is 4.10. The van der Waals surface area contributed by atoms with Crippen LogP contribution in [0.25, 0.3) is 0 Å². The first-order valence-corrected chi connectivity index (χ1v) is 6.25. The van der Waals surface area contributed by atoms with Crippen LogP contribution in [-0.2, 0) is 0 Å². The molecule has 14 heavy (non-hydrogen) atoms. The third-order valence-electron chi connectivity index (χ3n) is 2.45. The van der Waals surface area contributed by atoms with Gasteiger partial charge in [0.25, 0.3) is 0 Å². The van der Waals surface area contributed by atoms with Gasteiger partial charge in [-0.05, 0) is 23.8 Å². The minimum atomic E-state index is 0.507. The number of pyridine rings is 1. The maximum absolute atomic E-state index is 6.02. The predicted molar refractivity (Wildman–Crippen MR) is 63.1 cm³/mol. The highest BCUT2D eigenvalue weighted by molar-refractivity contribution is 7.99. The molecule has 2 heterocycles. The smallest absolute Gasteiger partial charge is 0.145 e. The van der Waals surface area contributed by atoms with Crippen LogP contribution in [0.5, 0.6) is 0 Å². The second-order valence-corrected chi connectivity index (χ2v) is 5.08. The van der Waals surface area contributed by atoms with Crippen LogP contribution in [-0.4, -0.2) is 22.5 Å². The maximum Gasteiger partial charge on any atom is 0.145 e. The molecule has 4 heteroatoms. The molecule has 2 rings (SSSR count). The van der Waals surface area contributed by atoms with Gasteiger partial charge in [0, 0.05) is 18.0 Å². The lowest BCUT2D eigenvalue weighted by Gasteiger charge is -2.17. The molecule has 0 amide bonds. The van der Waals surface area contributed by atoms with Gasteiger partial charge in [-0.2, -0.15) is 11.8 Å². The molecule has 0 spiro atoms. The Bertz CT molecular complexity index is 319.